The molecular weight excluding hydrogens is 256 g/mol. The van der Waals surface area contributed by atoms with Gasteiger partial charge in [-0.3, -0.25) is 4.90 Å². The van der Waals surface area contributed by atoms with Crippen molar-refractivity contribution in [3.8, 4) is 0 Å². The van der Waals surface area contributed by atoms with Gasteiger partial charge in [-0.05, 0) is 45.7 Å². The third-order valence-electron chi connectivity index (χ3n) is 4.86. The van der Waals surface area contributed by atoms with E-state index < -0.39 is 0 Å². The number of hydrogen-bond acceptors (Lipinski definition) is 4. The van der Waals surface area contributed by atoms with Crippen molar-refractivity contribution >= 4 is 11.3 Å². The van der Waals surface area contributed by atoms with Crippen LogP contribution in [-0.4, -0.2) is 39.7 Å². The number of rotatable bonds is 4. The van der Waals surface area contributed by atoms with E-state index in [-0.39, 0.29) is 11.6 Å². The Kier molecular flexibility index (Phi) is 3.92. The zero-order valence-electron chi connectivity index (χ0n) is 11.8. The largest absolute Gasteiger partial charge is 0.391 e. The van der Waals surface area contributed by atoms with Gasteiger partial charge in [-0.1, -0.05) is 12.8 Å². The molecule has 0 aromatic carbocycles. The van der Waals surface area contributed by atoms with E-state index in [9.17, 15) is 5.11 Å². The van der Waals surface area contributed by atoms with Crippen LogP contribution in [0, 0.1) is 6.92 Å². The van der Waals surface area contributed by atoms with Gasteiger partial charge in [-0.15, -0.1) is 11.3 Å². The van der Waals surface area contributed by atoms with E-state index in [1.807, 2.05) is 6.92 Å². The molecule has 4 heteroatoms. The molecule has 0 spiro atoms. The molecule has 1 aliphatic heterocycles. The highest BCUT2D eigenvalue weighted by Crippen LogP contribution is 2.41. The lowest BCUT2D eigenvalue weighted by molar-refractivity contribution is -0.0172. The van der Waals surface area contributed by atoms with Crippen LogP contribution < -0.4 is 0 Å². The fourth-order valence-electron chi connectivity index (χ4n) is 3.86. The van der Waals surface area contributed by atoms with E-state index in [1.165, 1.54) is 51.6 Å². The van der Waals surface area contributed by atoms with Crippen molar-refractivity contribution in [2.45, 2.75) is 63.5 Å². The Morgan fingerprint density at radius 3 is 2.58 bits per heavy atom. The van der Waals surface area contributed by atoms with E-state index in [0.717, 1.165) is 17.1 Å². The van der Waals surface area contributed by atoms with Crippen LogP contribution in [0.25, 0.3) is 0 Å². The first-order valence-electron chi connectivity index (χ1n) is 7.55. The third-order valence-corrected chi connectivity index (χ3v) is 5.85. The third kappa shape index (κ3) is 2.58. The fourth-order valence-corrected chi connectivity index (χ4v) is 4.67. The average Bonchev–Trinajstić information content (AvgIpc) is 3.09. The number of aliphatic hydroxyl groups is 1. The number of thiazole rings is 1. The zero-order valence-corrected chi connectivity index (χ0v) is 12.6. The topological polar surface area (TPSA) is 36.4 Å². The highest BCUT2D eigenvalue weighted by molar-refractivity contribution is 7.09. The second-order valence-electron chi connectivity index (χ2n) is 6.11. The monoisotopic (exact) mass is 280 g/mol. The molecule has 1 aliphatic carbocycles. The number of nitrogens with zero attached hydrogens (tertiary/aromatic N) is 2. The second kappa shape index (κ2) is 5.51. The van der Waals surface area contributed by atoms with Gasteiger partial charge in [0.1, 0.15) is 0 Å². The molecule has 2 fully saturated rings. The van der Waals surface area contributed by atoms with Gasteiger partial charge in [0.15, 0.2) is 0 Å². The summed E-state index contributed by atoms with van der Waals surface area (Å²) in [4.78, 5) is 7.09. The number of likely N-dealkylation sites (tertiary alicyclic amines) is 1. The summed E-state index contributed by atoms with van der Waals surface area (Å²) in [5.41, 5.74) is 1.13. The van der Waals surface area contributed by atoms with Crippen LogP contribution in [-0.2, 0) is 6.42 Å². The summed E-state index contributed by atoms with van der Waals surface area (Å²) in [7, 11) is 0. The summed E-state index contributed by atoms with van der Waals surface area (Å²) in [6.07, 6.45) is 7.94. The predicted octanol–water partition coefficient (Wildman–Crippen LogP) is 2.76. The molecule has 1 saturated carbocycles. The van der Waals surface area contributed by atoms with Crippen LogP contribution >= 0.6 is 11.3 Å². The van der Waals surface area contributed by atoms with Crippen LogP contribution in [0.15, 0.2) is 5.38 Å². The van der Waals surface area contributed by atoms with Crippen LogP contribution in [0.4, 0.5) is 0 Å². The van der Waals surface area contributed by atoms with Crippen molar-refractivity contribution in [3.05, 3.63) is 16.1 Å². The van der Waals surface area contributed by atoms with Gasteiger partial charge in [-0.25, -0.2) is 4.98 Å². The first-order chi connectivity index (χ1) is 9.21. The highest BCUT2D eigenvalue weighted by Gasteiger charge is 2.46. The molecule has 1 N–H and O–H groups in total. The molecule has 0 bridgehead atoms. The van der Waals surface area contributed by atoms with Crippen molar-refractivity contribution < 1.29 is 5.11 Å². The molecule has 3 nitrogen and oxygen atoms in total. The number of hydrogen-bond donors (Lipinski definition) is 1. The van der Waals surface area contributed by atoms with Crippen molar-refractivity contribution in [1.82, 2.24) is 9.88 Å². The minimum atomic E-state index is -0.251. The summed E-state index contributed by atoms with van der Waals surface area (Å²) >= 11 is 1.69. The first-order valence-corrected chi connectivity index (χ1v) is 8.43. The maximum atomic E-state index is 10.8. The molecule has 1 aromatic heterocycles. The van der Waals surface area contributed by atoms with E-state index in [1.54, 1.807) is 11.3 Å². The Bertz CT molecular complexity index is 420. The fraction of sp³-hybridized carbons (Fsp3) is 0.800. The van der Waals surface area contributed by atoms with Crippen LogP contribution in [0.5, 0.6) is 0 Å². The van der Waals surface area contributed by atoms with Crippen molar-refractivity contribution in [3.63, 3.8) is 0 Å². The Morgan fingerprint density at radius 1 is 1.32 bits per heavy atom. The normalized spacial score (nSPS) is 24.9. The predicted molar refractivity (Wildman–Crippen MR) is 78.6 cm³/mol. The quantitative estimate of drug-likeness (QED) is 0.921. The lowest BCUT2D eigenvalue weighted by atomic mass is 9.86. The molecule has 0 radical (unpaired) electrons. The summed E-state index contributed by atoms with van der Waals surface area (Å²) in [5.74, 6) is 0. The summed E-state index contributed by atoms with van der Waals surface area (Å²) in [5, 5.41) is 14.0. The Balaban J connectivity index is 1.75. The highest BCUT2D eigenvalue weighted by atomic mass is 32.1. The lowest BCUT2D eigenvalue weighted by Crippen LogP contribution is -2.54. The zero-order chi connectivity index (χ0) is 13.3. The summed E-state index contributed by atoms with van der Waals surface area (Å²) in [6.45, 7) is 4.38. The molecular formula is C15H24N2OS. The molecule has 3 rings (SSSR count). The van der Waals surface area contributed by atoms with Gasteiger partial charge in [-0.2, -0.15) is 0 Å². The molecule has 2 aliphatic rings. The maximum Gasteiger partial charge on any atom is 0.0954 e. The van der Waals surface area contributed by atoms with Crippen LogP contribution in [0.1, 0.15) is 49.2 Å². The molecule has 0 amide bonds. The smallest absolute Gasteiger partial charge is 0.0954 e. The average molecular weight is 280 g/mol. The van der Waals surface area contributed by atoms with Gasteiger partial charge in [0.2, 0.25) is 0 Å². The molecule has 1 unspecified atom stereocenters. The van der Waals surface area contributed by atoms with E-state index >= 15 is 0 Å². The Labute approximate surface area is 119 Å². The molecule has 2 heterocycles. The van der Waals surface area contributed by atoms with E-state index in [2.05, 4.69) is 15.3 Å². The first kappa shape index (κ1) is 13.5. The Hall–Kier alpha value is -0.450. The van der Waals surface area contributed by atoms with Gasteiger partial charge >= 0.3 is 0 Å². The van der Waals surface area contributed by atoms with Gasteiger partial charge < -0.3 is 5.11 Å². The maximum absolute atomic E-state index is 10.8. The van der Waals surface area contributed by atoms with Crippen LogP contribution in [0.2, 0.25) is 0 Å². The minimum Gasteiger partial charge on any atom is -0.391 e. The molecule has 1 aromatic rings. The Morgan fingerprint density at radius 2 is 2.00 bits per heavy atom. The molecule has 19 heavy (non-hydrogen) atoms. The number of aromatic nitrogens is 1. The van der Waals surface area contributed by atoms with Gasteiger partial charge in [0, 0.05) is 23.0 Å². The molecule has 1 saturated heterocycles. The molecule has 106 valence electrons. The minimum absolute atomic E-state index is 0.0517. The van der Waals surface area contributed by atoms with E-state index in [0.29, 0.717) is 0 Å². The van der Waals surface area contributed by atoms with E-state index in [4.69, 9.17) is 0 Å². The van der Waals surface area contributed by atoms with Crippen LogP contribution in [0.3, 0.4) is 0 Å². The second-order valence-corrected chi connectivity index (χ2v) is 7.05. The van der Waals surface area contributed by atoms with Crippen molar-refractivity contribution in [2.75, 3.05) is 13.1 Å². The standard InChI is InChI=1S/C15H24N2OS/c1-12-11-19-14(16-12)10-13(18)15(6-2-3-7-15)17-8-4-5-9-17/h11,13,18H,2-10H2,1H3. The summed E-state index contributed by atoms with van der Waals surface area (Å²) < 4.78 is 0. The van der Waals surface area contributed by atoms with Gasteiger partial charge in [0.05, 0.1) is 11.1 Å². The SMILES string of the molecule is Cc1csc(CC(O)C2(N3CCCC3)CCCC2)n1. The summed E-state index contributed by atoms with van der Waals surface area (Å²) in [6, 6.07) is 0. The van der Waals surface area contributed by atoms with Gasteiger partial charge in [0.25, 0.3) is 0 Å². The van der Waals surface area contributed by atoms with Crippen molar-refractivity contribution in [1.29, 1.82) is 0 Å². The number of aliphatic hydroxyl groups excluding tert-OH is 1. The lowest BCUT2D eigenvalue weighted by Gasteiger charge is -2.42. The number of aryl methyl sites for hydroxylation is 1. The van der Waals surface area contributed by atoms with Crippen molar-refractivity contribution in [2.24, 2.45) is 0 Å². The molecule has 1 atom stereocenters.